The number of hydrogen-bond donors (Lipinski definition) is 1. The van der Waals surface area contributed by atoms with Gasteiger partial charge in [-0.15, -0.1) is 0 Å². The number of rotatable bonds is 11. The van der Waals surface area contributed by atoms with Crippen LogP contribution in [-0.4, -0.2) is 67.8 Å². The Kier molecular flexibility index (Phi) is 10.4. The van der Waals surface area contributed by atoms with Gasteiger partial charge in [-0.3, -0.25) is 9.69 Å². The second-order valence-electron chi connectivity index (χ2n) is 10.5. The number of aliphatic hydroxyl groups excluding tert-OH is 1. The van der Waals surface area contributed by atoms with Gasteiger partial charge in [0.2, 0.25) is 0 Å². The van der Waals surface area contributed by atoms with E-state index in [1.54, 1.807) is 17.9 Å². The maximum Gasteiger partial charge on any atom is 0.307 e. The van der Waals surface area contributed by atoms with Crippen LogP contribution in [0.3, 0.4) is 0 Å². The molecule has 2 aliphatic rings. The first-order valence-corrected chi connectivity index (χ1v) is 14.5. The van der Waals surface area contributed by atoms with Gasteiger partial charge >= 0.3 is 5.97 Å². The molecule has 39 heavy (non-hydrogen) atoms. The molecule has 0 spiro atoms. The molecule has 1 saturated heterocycles. The number of ether oxygens (including phenoxy) is 2. The molecule has 212 valence electrons. The van der Waals surface area contributed by atoms with E-state index < -0.39 is 12.5 Å². The van der Waals surface area contributed by atoms with Crippen LogP contribution in [0.5, 0.6) is 5.75 Å². The van der Waals surface area contributed by atoms with Gasteiger partial charge in [-0.25, -0.2) is 0 Å². The first-order valence-electron chi connectivity index (χ1n) is 13.7. The summed E-state index contributed by atoms with van der Waals surface area (Å²) in [5.74, 6) is 0.664. The van der Waals surface area contributed by atoms with Crippen LogP contribution in [0.1, 0.15) is 45.6 Å². The van der Waals surface area contributed by atoms with E-state index in [1.807, 2.05) is 56.3 Å². The summed E-state index contributed by atoms with van der Waals surface area (Å²) in [7, 11) is 0. The Labute approximate surface area is 241 Å². The van der Waals surface area contributed by atoms with Crippen LogP contribution in [0.25, 0.3) is 6.08 Å². The number of esters is 1. The van der Waals surface area contributed by atoms with Crippen molar-refractivity contribution in [1.82, 2.24) is 4.90 Å². The molecule has 1 fully saturated rings. The Hall–Kier alpha value is -2.45. The summed E-state index contributed by atoms with van der Waals surface area (Å²) in [5, 5.41) is 11.9. The monoisotopic (exact) mass is 575 g/mol. The topological polar surface area (TPSA) is 65.5 Å². The van der Waals surface area contributed by atoms with Crippen molar-refractivity contribution in [2.45, 2.75) is 52.5 Å². The predicted molar refractivity (Wildman–Crippen MR) is 159 cm³/mol. The van der Waals surface area contributed by atoms with Crippen molar-refractivity contribution in [2.75, 3.05) is 49.1 Å². The molecule has 0 aliphatic carbocycles. The van der Waals surface area contributed by atoms with E-state index in [1.165, 1.54) is 0 Å². The first kappa shape index (κ1) is 29.5. The fourth-order valence-corrected chi connectivity index (χ4v) is 5.43. The Morgan fingerprint density at radius 1 is 1.05 bits per heavy atom. The number of benzene rings is 2. The zero-order valence-corrected chi connectivity index (χ0v) is 24.5. The highest BCUT2D eigenvalue weighted by molar-refractivity contribution is 6.43. The number of fused-ring (bicyclic) bond motifs is 1. The van der Waals surface area contributed by atoms with E-state index in [9.17, 15) is 9.90 Å². The minimum atomic E-state index is -0.884. The number of unbranched alkanes of at least 4 members (excludes halogenated alkanes) is 1. The molecule has 2 aliphatic heterocycles. The zero-order chi connectivity index (χ0) is 27.9. The zero-order valence-electron chi connectivity index (χ0n) is 23.0. The molecule has 2 heterocycles. The molecule has 0 radical (unpaired) electrons. The number of nitrogens with zero attached hydrogens (tertiary/aromatic N) is 3. The lowest BCUT2D eigenvalue weighted by molar-refractivity contribution is -0.149. The fourth-order valence-electron chi connectivity index (χ4n) is 5.02. The van der Waals surface area contributed by atoms with E-state index in [0.29, 0.717) is 23.1 Å². The van der Waals surface area contributed by atoms with Crippen molar-refractivity contribution in [3.8, 4) is 5.75 Å². The molecular formula is C30H39Cl2N3O4. The van der Waals surface area contributed by atoms with Gasteiger partial charge in [-0.05, 0) is 68.1 Å². The third kappa shape index (κ3) is 7.82. The number of piperazine rings is 1. The fraction of sp³-hybridized carbons (Fsp3) is 0.500. The highest BCUT2D eigenvalue weighted by atomic mass is 35.5. The first-order chi connectivity index (χ1) is 18.7. The van der Waals surface area contributed by atoms with Crippen LogP contribution in [0, 0.1) is 5.92 Å². The van der Waals surface area contributed by atoms with Crippen LogP contribution < -0.4 is 14.5 Å². The second-order valence-corrected chi connectivity index (χ2v) is 11.3. The molecular weight excluding hydrogens is 537 g/mol. The Morgan fingerprint density at radius 3 is 2.56 bits per heavy atom. The molecule has 0 saturated carbocycles. The van der Waals surface area contributed by atoms with Crippen LogP contribution in [-0.2, 0) is 9.53 Å². The Morgan fingerprint density at radius 2 is 1.82 bits per heavy atom. The molecule has 7 nitrogen and oxygen atoms in total. The summed E-state index contributed by atoms with van der Waals surface area (Å²) in [6.07, 6.45) is 4.39. The van der Waals surface area contributed by atoms with Crippen LogP contribution >= 0.6 is 23.2 Å². The van der Waals surface area contributed by atoms with Gasteiger partial charge in [-0.2, -0.15) is 0 Å². The lowest BCUT2D eigenvalue weighted by atomic mass is 10.1. The minimum absolute atomic E-state index is 0.209. The summed E-state index contributed by atoms with van der Waals surface area (Å²) < 4.78 is 11.7. The second kappa shape index (κ2) is 13.8. The van der Waals surface area contributed by atoms with Crippen LogP contribution in [0.15, 0.2) is 42.5 Å². The van der Waals surface area contributed by atoms with Crippen molar-refractivity contribution in [1.29, 1.82) is 0 Å². The third-order valence-corrected chi connectivity index (χ3v) is 7.87. The average molecular weight is 577 g/mol. The maximum atomic E-state index is 12.2. The Balaban J connectivity index is 1.23. The summed E-state index contributed by atoms with van der Waals surface area (Å²) in [5.41, 5.74) is 2.73. The highest BCUT2D eigenvalue weighted by Crippen LogP contribution is 2.34. The Bertz CT molecular complexity index is 1150. The van der Waals surface area contributed by atoms with Crippen molar-refractivity contribution >= 4 is 46.6 Å². The lowest BCUT2D eigenvalue weighted by Gasteiger charge is -2.37. The molecule has 2 aromatic rings. The molecule has 0 bridgehead atoms. The predicted octanol–water partition coefficient (Wildman–Crippen LogP) is 6.06. The summed E-state index contributed by atoms with van der Waals surface area (Å²) in [6, 6.07) is 11.6. The number of carbonyl (C=O) groups is 1. The highest BCUT2D eigenvalue weighted by Gasteiger charge is 2.28. The molecule has 2 aromatic carbocycles. The van der Waals surface area contributed by atoms with Gasteiger partial charge in [0, 0.05) is 38.7 Å². The van der Waals surface area contributed by atoms with E-state index in [4.69, 9.17) is 32.7 Å². The molecule has 1 N–H and O–H groups in total. The summed E-state index contributed by atoms with van der Waals surface area (Å²) in [4.78, 5) is 18.7. The molecule has 2 atom stereocenters. The van der Waals surface area contributed by atoms with Crippen LogP contribution in [0.2, 0.25) is 10.0 Å². The van der Waals surface area contributed by atoms with Gasteiger partial charge in [0.1, 0.15) is 12.0 Å². The molecule has 4 rings (SSSR count). The van der Waals surface area contributed by atoms with E-state index >= 15 is 0 Å². The maximum absolute atomic E-state index is 12.2. The summed E-state index contributed by atoms with van der Waals surface area (Å²) in [6.45, 7) is 11.2. The smallest absolute Gasteiger partial charge is 0.307 e. The quantitative estimate of drug-likeness (QED) is 0.258. The standard InChI is InChI=1S/C30H39Cl2N3O4/c1-21(2)19-29(37)39-22(3)35-27-20-24(11-9-23(27)10-12-28(35)36)38-18-5-4-13-33-14-16-34(17-15-33)26-8-6-7-25(31)30(26)32/h6-12,20-22,28,36H,4-5,13-19H2,1-3H3. The van der Waals surface area contributed by atoms with Crippen molar-refractivity contribution in [3.05, 3.63) is 58.1 Å². The average Bonchev–Trinajstić information content (AvgIpc) is 2.89. The molecule has 9 heteroatoms. The number of aliphatic hydroxyl groups is 1. The van der Waals surface area contributed by atoms with Crippen molar-refractivity contribution in [2.24, 2.45) is 5.92 Å². The van der Waals surface area contributed by atoms with E-state index in [-0.39, 0.29) is 11.9 Å². The number of halogens is 2. The van der Waals surface area contributed by atoms with Crippen molar-refractivity contribution in [3.63, 3.8) is 0 Å². The molecule has 0 aromatic heterocycles. The van der Waals surface area contributed by atoms with E-state index in [2.05, 4.69) is 9.80 Å². The number of carbonyl (C=O) groups excluding carboxylic acids is 1. The van der Waals surface area contributed by atoms with Gasteiger partial charge < -0.3 is 24.4 Å². The largest absolute Gasteiger partial charge is 0.494 e. The normalized spacial score (nSPS) is 18.3. The van der Waals surface area contributed by atoms with Gasteiger partial charge in [-0.1, -0.05) is 49.2 Å². The third-order valence-electron chi connectivity index (χ3n) is 7.06. The van der Waals surface area contributed by atoms with Gasteiger partial charge in [0.05, 0.1) is 28.0 Å². The SMILES string of the molecule is CC(C)CC(=O)OC(C)N1c2cc(OCCCCN3CCN(c4cccc(Cl)c4Cl)CC3)ccc2C=CC1O. The van der Waals surface area contributed by atoms with Crippen molar-refractivity contribution < 1.29 is 19.4 Å². The van der Waals surface area contributed by atoms with Crippen LogP contribution in [0.4, 0.5) is 11.4 Å². The minimum Gasteiger partial charge on any atom is -0.494 e. The summed E-state index contributed by atoms with van der Waals surface area (Å²) >= 11 is 12.6. The molecule has 0 amide bonds. The van der Waals surface area contributed by atoms with Gasteiger partial charge in [0.15, 0.2) is 6.23 Å². The lowest BCUT2D eigenvalue weighted by Crippen LogP contribution is -2.46. The number of hydrogen-bond acceptors (Lipinski definition) is 7. The number of anilines is 2. The van der Waals surface area contributed by atoms with E-state index in [0.717, 1.165) is 68.3 Å². The molecule has 2 unspecified atom stereocenters. The van der Waals surface area contributed by atoms with Gasteiger partial charge in [0.25, 0.3) is 0 Å².